The van der Waals surface area contributed by atoms with Crippen molar-refractivity contribution in [2.75, 3.05) is 19.1 Å². The van der Waals surface area contributed by atoms with Gasteiger partial charge in [0.25, 0.3) is 0 Å². The minimum Gasteiger partial charge on any atom is -0.496 e. The normalized spacial score (nSPS) is 12.4. The zero-order valence-electron chi connectivity index (χ0n) is 17.5. The Morgan fingerprint density at radius 1 is 0.581 bits per heavy atom. The molecule has 0 aliphatic carbocycles. The summed E-state index contributed by atoms with van der Waals surface area (Å²) in [6.45, 7) is 0. The van der Waals surface area contributed by atoms with E-state index in [-0.39, 0.29) is 22.9 Å². The minimum atomic E-state index is 0. The first-order valence-corrected chi connectivity index (χ1v) is 10.1. The van der Waals surface area contributed by atoms with E-state index in [1.807, 2.05) is 18.2 Å². The molecule has 1 aliphatic rings. The fraction of sp³-hybridized carbons (Fsp3) is 0.111. The number of nitrogens with zero attached hydrogens (tertiary/aromatic N) is 1. The third kappa shape index (κ3) is 3.47. The molecule has 4 heteroatoms. The van der Waals surface area contributed by atoms with Crippen LogP contribution >= 0.6 is 17.0 Å². The van der Waals surface area contributed by atoms with Gasteiger partial charge in [0.15, 0.2) is 0 Å². The van der Waals surface area contributed by atoms with Crippen molar-refractivity contribution in [2.45, 2.75) is 5.92 Å². The van der Waals surface area contributed by atoms with E-state index in [4.69, 9.17) is 9.47 Å². The van der Waals surface area contributed by atoms with Crippen LogP contribution in [0.15, 0.2) is 97.1 Å². The highest BCUT2D eigenvalue weighted by Gasteiger charge is 2.36. The van der Waals surface area contributed by atoms with Crippen molar-refractivity contribution in [1.29, 1.82) is 0 Å². The molecule has 0 radical (unpaired) electrons. The smallest absolute Gasteiger partial charge is 0.125 e. The molecule has 0 unspecified atom stereocenters. The molecule has 0 N–H and O–H groups in total. The Hall–Kier alpha value is -3.24. The number of halogens is 1. The molecule has 0 saturated heterocycles. The summed E-state index contributed by atoms with van der Waals surface area (Å²) in [7, 11) is 3.48. The number of benzene rings is 4. The molecule has 0 atom stereocenters. The summed E-state index contributed by atoms with van der Waals surface area (Å²) in [5.41, 5.74) is 6.85. The van der Waals surface area contributed by atoms with E-state index in [0.717, 1.165) is 39.7 Å². The number of hydrogen-bond acceptors (Lipinski definition) is 3. The minimum absolute atomic E-state index is 0. The lowest BCUT2D eigenvalue weighted by Gasteiger charge is -2.39. The topological polar surface area (TPSA) is 21.7 Å². The third-order valence-electron chi connectivity index (χ3n) is 5.73. The van der Waals surface area contributed by atoms with Gasteiger partial charge in [-0.05, 0) is 42.0 Å². The quantitative estimate of drug-likeness (QED) is 0.274. The lowest BCUT2D eigenvalue weighted by Crippen LogP contribution is -2.23. The predicted octanol–water partition coefficient (Wildman–Crippen LogP) is 7.25. The highest BCUT2D eigenvalue weighted by atomic mass is 79.9. The van der Waals surface area contributed by atoms with E-state index in [2.05, 4.69) is 83.8 Å². The molecule has 0 aromatic heterocycles. The number of anilines is 3. The lowest BCUT2D eigenvalue weighted by molar-refractivity contribution is 0.402. The van der Waals surface area contributed by atoms with Gasteiger partial charge >= 0.3 is 0 Å². The van der Waals surface area contributed by atoms with Crippen molar-refractivity contribution in [2.24, 2.45) is 0 Å². The lowest BCUT2D eigenvalue weighted by atomic mass is 9.79. The van der Waals surface area contributed by atoms with Crippen LogP contribution in [0.1, 0.15) is 22.6 Å². The summed E-state index contributed by atoms with van der Waals surface area (Å²) >= 11 is 0. The average molecular weight is 474 g/mol. The van der Waals surface area contributed by atoms with Crippen molar-refractivity contribution in [1.82, 2.24) is 0 Å². The molecule has 5 rings (SSSR count). The summed E-state index contributed by atoms with van der Waals surface area (Å²) in [5, 5.41) is 0. The van der Waals surface area contributed by atoms with E-state index in [9.17, 15) is 0 Å². The van der Waals surface area contributed by atoms with Crippen LogP contribution in [0.5, 0.6) is 11.5 Å². The predicted molar refractivity (Wildman–Crippen MR) is 132 cm³/mol. The van der Waals surface area contributed by atoms with Gasteiger partial charge in [0.2, 0.25) is 0 Å². The Kier molecular flexibility index (Phi) is 6.01. The molecule has 3 nitrogen and oxygen atoms in total. The van der Waals surface area contributed by atoms with Gasteiger partial charge in [-0.2, -0.15) is 0 Å². The van der Waals surface area contributed by atoms with Crippen LogP contribution < -0.4 is 14.4 Å². The highest BCUT2D eigenvalue weighted by molar-refractivity contribution is 8.93. The molecule has 0 saturated carbocycles. The van der Waals surface area contributed by atoms with E-state index >= 15 is 0 Å². The fourth-order valence-corrected chi connectivity index (χ4v) is 4.50. The van der Waals surface area contributed by atoms with Crippen molar-refractivity contribution in [3.05, 3.63) is 114 Å². The Bertz CT molecular complexity index is 1120. The van der Waals surface area contributed by atoms with Crippen molar-refractivity contribution in [3.8, 4) is 11.5 Å². The number of ether oxygens (including phenoxy) is 2. The molecule has 4 aromatic carbocycles. The summed E-state index contributed by atoms with van der Waals surface area (Å²) in [4.78, 5) is 2.30. The van der Waals surface area contributed by atoms with E-state index < -0.39 is 0 Å². The monoisotopic (exact) mass is 473 g/mol. The maximum atomic E-state index is 5.87. The number of hydrogen-bond donors (Lipinski definition) is 0. The Balaban J connectivity index is 0.00000231. The second-order valence-corrected chi connectivity index (χ2v) is 7.30. The van der Waals surface area contributed by atoms with Crippen LogP contribution in [0, 0.1) is 0 Å². The zero-order chi connectivity index (χ0) is 20.5. The van der Waals surface area contributed by atoms with Gasteiger partial charge in [-0.15, -0.1) is 17.0 Å². The van der Waals surface area contributed by atoms with Gasteiger partial charge in [0, 0.05) is 22.7 Å². The number of methoxy groups -OCH3 is 2. The van der Waals surface area contributed by atoms with E-state index in [1.54, 1.807) is 14.2 Å². The van der Waals surface area contributed by atoms with Crippen LogP contribution in [0.25, 0.3) is 0 Å². The summed E-state index contributed by atoms with van der Waals surface area (Å²) in [6, 6.07) is 33.6. The maximum Gasteiger partial charge on any atom is 0.125 e. The first-order valence-electron chi connectivity index (χ1n) is 10.1. The first-order chi connectivity index (χ1) is 14.8. The molecule has 4 aromatic rings. The second-order valence-electron chi connectivity index (χ2n) is 7.30. The number of para-hydroxylation sites is 1. The van der Waals surface area contributed by atoms with Gasteiger partial charge in [-0.1, -0.05) is 60.7 Å². The first kappa shape index (κ1) is 21.0. The van der Waals surface area contributed by atoms with Crippen molar-refractivity contribution >= 4 is 34.0 Å². The highest BCUT2D eigenvalue weighted by Crippen LogP contribution is 2.56. The Morgan fingerprint density at radius 2 is 1.06 bits per heavy atom. The van der Waals surface area contributed by atoms with Crippen LogP contribution in [0.2, 0.25) is 0 Å². The third-order valence-corrected chi connectivity index (χ3v) is 5.73. The largest absolute Gasteiger partial charge is 0.496 e. The fourth-order valence-electron chi connectivity index (χ4n) is 4.50. The number of rotatable bonds is 4. The van der Waals surface area contributed by atoms with Crippen molar-refractivity contribution in [3.63, 3.8) is 0 Å². The maximum absolute atomic E-state index is 5.87. The zero-order valence-corrected chi connectivity index (χ0v) is 19.2. The van der Waals surface area contributed by atoms with Gasteiger partial charge in [-0.3, -0.25) is 0 Å². The average Bonchev–Trinajstić information content (AvgIpc) is 2.82. The van der Waals surface area contributed by atoms with Crippen LogP contribution in [-0.2, 0) is 0 Å². The van der Waals surface area contributed by atoms with E-state index in [1.165, 1.54) is 5.56 Å². The Labute approximate surface area is 193 Å². The summed E-state index contributed by atoms with van der Waals surface area (Å²) < 4.78 is 11.7. The molecule has 1 aliphatic heterocycles. The molecule has 31 heavy (non-hydrogen) atoms. The molecule has 0 fully saturated rings. The van der Waals surface area contributed by atoms with Gasteiger partial charge < -0.3 is 14.4 Å². The van der Waals surface area contributed by atoms with E-state index in [0.29, 0.717) is 0 Å². The van der Waals surface area contributed by atoms with Crippen LogP contribution in [0.3, 0.4) is 0 Å². The van der Waals surface area contributed by atoms with Crippen LogP contribution in [-0.4, -0.2) is 14.2 Å². The summed E-state index contributed by atoms with van der Waals surface area (Å²) in [5.74, 6) is 1.75. The van der Waals surface area contributed by atoms with Crippen molar-refractivity contribution < 1.29 is 9.47 Å². The van der Waals surface area contributed by atoms with Gasteiger partial charge in [0.1, 0.15) is 11.5 Å². The molecule has 0 spiro atoms. The molecular formula is C27H24BrNO2. The van der Waals surface area contributed by atoms with Gasteiger partial charge in [0.05, 0.1) is 25.6 Å². The Morgan fingerprint density at radius 3 is 1.55 bits per heavy atom. The molecule has 1 heterocycles. The summed E-state index contributed by atoms with van der Waals surface area (Å²) in [6.07, 6.45) is 0. The van der Waals surface area contributed by atoms with Crippen LogP contribution in [0.4, 0.5) is 17.1 Å². The SMILES string of the molecule is Br.COc1cccc2c1C(c1ccccc1)c1c(OC)cccc1N2c1ccccc1. The van der Waals surface area contributed by atoms with Gasteiger partial charge in [-0.25, -0.2) is 0 Å². The molecule has 0 bridgehead atoms. The standard InChI is InChI=1S/C27H23NO2.BrH/c1-29-23-17-9-15-21-26(23)25(19-11-5-3-6-12-19)27-22(16-10-18-24(27)30-2)28(21)20-13-7-4-8-14-20;/h3-18,25H,1-2H3;1H. The molecule has 0 amide bonds. The number of fused-ring (bicyclic) bond motifs is 2. The second kappa shape index (κ2) is 8.86. The molecule has 156 valence electrons. The molecular weight excluding hydrogens is 450 g/mol.